The van der Waals surface area contributed by atoms with Crippen LogP contribution in [0.4, 0.5) is 0 Å². The molecule has 0 bridgehead atoms. The third-order valence-corrected chi connectivity index (χ3v) is 5.04. The molecule has 0 aromatic carbocycles. The van der Waals surface area contributed by atoms with E-state index in [0.717, 1.165) is 26.4 Å². The molecule has 4 fully saturated rings. The van der Waals surface area contributed by atoms with Crippen LogP contribution in [0.1, 0.15) is 20.8 Å². The highest BCUT2D eigenvalue weighted by atomic mass is 16.6. The average molecular weight is 479 g/mol. The zero-order chi connectivity index (χ0) is 23.3. The van der Waals surface area contributed by atoms with Crippen LogP contribution in [0.3, 0.4) is 0 Å². The molecule has 4 saturated heterocycles. The summed E-state index contributed by atoms with van der Waals surface area (Å²) < 4.78 is 53.2. The smallest absolute Gasteiger partial charge is 0.104 e. The van der Waals surface area contributed by atoms with Gasteiger partial charge in [0.15, 0.2) is 0 Å². The maximum Gasteiger partial charge on any atom is 0.104 e. The summed E-state index contributed by atoms with van der Waals surface area (Å²) in [7, 11) is 0. The Hall–Kier alpha value is -0.400. The van der Waals surface area contributed by atoms with Crippen molar-refractivity contribution in [2.75, 3.05) is 85.9 Å². The Balaban J connectivity index is 0.000000215. The van der Waals surface area contributed by atoms with Gasteiger partial charge in [-0.3, -0.25) is 0 Å². The van der Waals surface area contributed by atoms with Crippen molar-refractivity contribution >= 4 is 0 Å². The minimum absolute atomic E-state index is 0.0439. The molecule has 4 aliphatic rings. The number of epoxide rings is 4. The summed E-state index contributed by atoms with van der Waals surface area (Å²) in [6.07, 6.45) is 1.51. The minimum atomic E-state index is 0.0439. The lowest BCUT2D eigenvalue weighted by molar-refractivity contribution is -0.0813. The fourth-order valence-corrected chi connectivity index (χ4v) is 2.59. The molecule has 0 spiro atoms. The summed E-state index contributed by atoms with van der Waals surface area (Å²) in [6.45, 7) is 15.2. The summed E-state index contributed by atoms with van der Waals surface area (Å²) in [5, 5.41) is 0. The monoisotopic (exact) mass is 478 g/mol. The van der Waals surface area contributed by atoms with Crippen molar-refractivity contribution in [2.24, 2.45) is 0 Å². The van der Waals surface area contributed by atoms with Crippen molar-refractivity contribution in [1.29, 1.82) is 0 Å². The fourth-order valence-electron chi connectivity index (χ4n) is 2.59. The predicted molar refractivity (Wildman–Crippen MR) is 118 cm³/mol. The van der Waals surface area contributed by atoms with Crippen LogP contribution < -0.4 is 0 Å². The molecule has 10 heteroatoms. The average Bonchev–Trinajstić information content (AvgIpc) is 3.65. The molecule has 0 aromatic rings. The van der Waals surface area contributed by atoms with Gasteiger partial charge in [0.2, 0.25) is 0 Å². The standard InChI is InChI=1S/C15H28O6.C8H14O4/c1-11(4-16-7-14-9-20-14)17-5-12(2)18-6-13(3)19-8-15-10-21-15;1(9-3-7-5-11-7)2-10-4-8-6-12-8/h11-15H,4-10H2,1-3H3;7-8H,1-6H2. The molecule has 0 amide bonds. The lowest BCUT2D eigenvalue weighted by Crippen LogP contribution is -2.27. The van der Waals surface area contributed by atoms with E-state index in [2.05, 4.69) is 0 Å². The van der Waals surface area contributed by atoms with E-state index in [9.17, 15) is 0 Å². The Morgan fingerprint density at radius 3 is 1.33 bits per heavy atom. The Morgan fingerprint density at radius 2 is 0.879 bits per heavy atom. The van der Waals surface area contributed by atoms with E-state index in [-0.39, 0.29) is 18.3 Å². The van der Waals surface area contributed by atoms with Gasteiger partial charge in [0, 0.05) is 0 Å². The minimum Gasteiger partial charge on any atom is -0.376 e. The number of ether oxygens (including phenoxy) is 10. The van der Waals surface area contributed by atoms with E-state index in [1.165, 1.54) is 0 Å². The van der Waals surface area contributed by atoms with Crippen molar-refractivity contribution in [3.05, 3.63) is 0 Å². The Morgan fingerprint density at radius 1 is 0.515 bits per heavy atom. The molecule has 4 rings (SSSR count). The lowest BCUT2D eigenvalue weighted by atomic mass is 10.4. The summed E-state index contributed by atoms with van der Waals surface area (Å²) in [5.74, 6) is 0. The van der Waals surface area contributed by atoms with Crippen LogP contribution in [0.5, 0.6) is 0 Å². The maximum atomic E-state index is 5.71. The van der Waals surface area contributed by atoms with Crippen molar-refractivity contribution in [2.45, 2.75) is 63.5 Å². The molecule has 0 aliphatic carbocycles. The van der Waals surface area contributed by atoms with Gasteiger partial charge in [-0.05, 0) is 20.8 Å². The van der Waals surface area contributed by atoms with Crippen LogP contribution in [0.25, 0.3) is 0 Å². The van der Waals surface area contributed by atoms with Crippen molar-refractivity contribution in [3.63, 3.8) is 0 Å². The summed E-state index contributed by atoms with van der Waals surface area (Å²) in [4.78, 5) is 0. The molecular weight excluding hydrogens is 436 g/mol. The normalized spacial score (nSPS) is 29.5. The number of hydrogen-bond acceptors (Lipinski definition) is 10. The molecule has 7 unspecified atom stereocenters. The van der Waals surface area contributed by atoms with Gasteiger partial charge in [-0.1, -0.05) is 0 Å². The zero-order valence-electron chi connectivity index (χ0n) is 20.3. The van der Waals surface area contributed by atoms with Gasteiger partial charge in [0.1, 0.15) is 24.4 Å². The first kappa shape index (κ1) is 27.2. The molecule has 0 radical (unpaired) electrons. The van der Waals surface area contributed by atoms with Crippen LogP contribution in [0, 0.1) is 0 Å². The number of rotatable bonds is 20. The van der Waals surface area contributed by atoms with Crippen molar-refractivity contribution < 1.29 is 47.4 Å². The Kier molecular flexibility index (Phi) is 12.8. The second kappa shape index (κ2) is 15.6. The molecule has 4 heterocycles. The van der Waals surface area contributed by atoms with Crippen LogP contribution in [0.2, 0.25) is 0 Å². The predicted octanol–water partition coefficient (Wildman–Crippen LogP) is 0.833. The molecule has 0 saturated carbocycles. The molecule has 33 heavy (non-hydrogen) atoms. The fraction of sp³-hybridized carbons (Fsp3) is 1.00. The first-order valence-corrected chi connectivity index (χ1v) is 12.1. The highest BCUT2D eigenvalue weighted by molar-refractivity contribution is 4.69. The molecule has 0 N–H and O–H groups in total. The largest absolute Gasteiger partial charge is 0.376 e. The maximum absolute atomic E-state index is 5.71. The topological polar surface area (TPSA) is 106 Å². The summed E-state index contributed by atoms with van der Waals surface area (Å²) in [6, 6.07) is 0. The van der Waals surface area contributed by atoms with Crippen molar-refractivity contribution in [3.8, 4) is 0 Å². The highest BCUT2D eigenvalue weighted by Gasteiger charge is 2.25. The van der Waals surface area contributed by atoms with E-state index in [1.807, 2.05) is 20.8 Å². The van der Waals surface area contributed by atoms with Gasteiger partial charge in [0.25, 0.3) is 0 Å². The highest BCUT2D eigenvalue weighted by Crippen LogP contribution is 2.11. The van der Waals surface area contributed by atoms with E-state index in [4.69, 9.17) is 47.4 Å². The summed E-state index contributed by atoms with van der Waals surface area (Å²) in [5.41, 5.74) is 0. The number of hydrogen-bond donors (Lipinski definition) is 0. The summed E-state index contributed by atoms with van der Waals surface area (Å²) >= 11 is 0. The van der Waals surface area contributed by atoms with Gasteiger partial charge >= 0.3 is 0 Å². The van der Waals surface area contributed by atoms with Crippen LogP contribution in [0.15, 0.2) is 0 Å². The van der Waals surface area contributed by atoms with Gasteiger partial charge in [-0.25, -0.2) is 0 Å². The van der Waals surface area contributed by atoms with Crippen molar-refractivity contribution in [1.82, 2.24) is 0 Å². The van der Waals surface area contributed by atoms with E-state index in [0.29, 0.717) is 83.9 Å². The van der Waals surface area contributed by atoms with Crippen LogP contribution >= 0.6 is 0 Å². The van der Waals surface area contributed by atoms with Gasteiger partial charge in [0.05, 0.1) is 104 Å². The molecule has 4 aliphatic heterocycles. The van der Waals surface area contributed by atoms with E-state index in [1.54, 1.807) is 0 Å². The SMILES string of the molecule is C(COCC1CO1)OCC1CO1.CC(COCC1CO1)OCC(C)OCC(C)OCC1CO1. The lowest BCUT2D eigenvalue weighted by Gasteiger charge is -2.19. The first-order chi connectivity index (χ1) is 16.1. The molecule has 0 aromatic heterocycles. The third kappa shape index (κ3) is 16.0. The van der Waals surface area contributed by atoms with E-state index < -0.39 is 0 Å². The van der Waals surface area contributed by atoms with Gasteiger partial charge in [-0.2, -0.15) is 0 Å². The van der Waals surface area contributed by atoms with E-state index >= 15 is 0 Å². The van der Waals surface area contributed by atoms with Crippen LogP contribution in [-0.4, -0.2) is 129 Å². The van der Waals surface area contributed by atoms with Gasteiger partial charge in [-0.15, -0.1) is 0 Å². The zero-order valence-corrected chi connectivity index (χ0v) is 20.3. The molecular formula is C23H42O10. The second-order valence-corrected chi connectivity index (χ2v) is 8.94. The molecule has 10 nitrogen and oxygen atoms in total. The van der Waals surface area contributed by atoms with Crippen LogP contribution in [-0.2, 0) is 47.4 Å². The van der Waals surface area contributed by atoms with Gasteiger partial charge < -0.3 is 47.4 Å². The Labute approximate surface area is 197 Å². The third-order valence-electron chi connectivity index (χ3n) is 5.04. The molecule has 7 atom stereocenters. The Bertz CT molecular complexity index is 478. The molecule has 194 valence electrons. The first-order valence-electron chi connectivity index (χ1n) is 12.1. The quantitative estimate of drug-likeness (QED) is 0.185. The second-order valence-electron chi connectivity index (χ2n) is 8.94.